The Balaban J connectivity index is 1.54. The van der Waals surface area contributed by atoms with Gasteiger partial charge < -0.3 is 19.9 Å². The molecular weight excluding hydrogens is 272 g/mol. The molecule has 1 aliphatic rings. The van der Waals surface area contributed by atoms with Gasteiger partial charge in [-0.2, -0.15) is 4.98 Å². The molecule has 2 aromatic rings. The molecule has 0 bridgehead atoms. The van der Waals surface area contributed by atoms with Gasteiger partial charge in [-0.3, -0.25) is 4.79 Å². The first kappa shape index (κ1) is 13.7. The largest absolute Gasteiger partial charge is 0.366 e. The maximum absolute atomic E-state index is 11.9. The topological polar surface area (TPSA) is 89.3 Å². The van der Waals surface area contributed by atoms with Crippen molar-refractivity contribution in [3.63, 3.8) is 0 Å². The van der Waals surface area contributed by atoms with Gasteiger partial charge >= 0.3 is 0 Å². The van der Waals surface area contributed by atoms with Gasteiger partial charge in [0.05, 0.1) is 6.61 Å². The molecule has 1 aliphatic heterocycles. The minimum Gasteiger partial charge on any atom is -0.366 e. The third-order valence-corrected chi connectivity index (χ3v) is 3.26. The van der Waals surface area contributed by atoms with Crippen molar-refractivity contribution >= 4 is 5.91 Å². The summed E-state index contributed by atoms with van der Waals surface area (Å²) >= 11 is 0. The highest BCUT2D eigenvalue weighted by molar-refractivity contribution is 5.81. The normalized spacial score (nSPS) is 18.4. The lowest BCUT2D eigenvalue weighted by molar-refractivity contribution is -0.134. The number of carbonyl (C=O) groups excluding carboxylic acids is 1. The zero-order valence-electron chi connectivity index (χ0n) is 11.4. The lowest BCUT2D eigenvalue weighted by Crippen LogP contribution is -2.47. The first-order chi connectivity index (χ1) is 10.3. The van der Waals surface area contributed by atoms with E-state index < -0.39 is 6.10 Å². The Kier molecular flexibility index (Phi) is 4.23. The van der Waals surface area contributed by atoms with Crippen LogP contribution in [0.5, 0.6) is 0 Å². The molecule has 0 unspecified atom stereocenters. The van der Waals surface area contributed by atoms with Crippen LogP contribution < -0.4 is 10.6 Å². The van der Waals surface area contributed by atoms with Gasteiger partial charge in [0.2, 0.25) is 12.2 Å². The van der Waals surface area contributed by atoms with Crippen LogP contribution in [0.15, 0.2) is 35.2 Å². The Labute approximate surface area is 121 Å². The zero-order valence-corrected chi connectivity index (χ0v) is 11.4. The molecule has 0 aliphatic carbocycles. The molecule has 3 rings (SSSR count). The molecule has 0 radical (unpaired) electrons. The van der Waals surface area contributed by atoms with E-state index in [1.807, 2.05) is 24.3 Å². The average Bonchev–Trinajstić information content (AvgIpc) is 3.08. The summed E-state index contributed by atoms with van der Waals surface area (Å²) in [6, 6.07) is 7.63. The monoisotopic (exact) mass is 288 g/mol. The van der Waals surface area contributed by atoms with Gasteiger partial charge in [-0.1, -0.05) is 29.4 Å². The lowest BCUT2D eigenvalue weighted by atomic mass is 10.1. The second kappa shape index (κ2) is 6.47. The predicted molar refractivity (Wildman–Crippen MR) is 74.2 cm³/mol. The van der Waals surface area contributed by atoms with Gasteiger partial charge in [0.15, 0.2) is 0 Å². The summed E-state index contributed by atoms with van der Waals surface area (Å²) in [5.74, 6) is 0.455. The summed E-state index contributed by atoms with van der Waals surface area (Å²) < 4.78 is 10.1. The van der Waals surface area contributed by atoms with Gasteiger partial charge in [0.1, 0.15) is 6.10 Å². The molecule has 1 saturated heterocycles. The molecule has 1 aromatic carbocycles. The van der Waals surface area contributed by atoms with E-state index in [1.165, 1.54) is 6.39 Å². The third kappa shape index (κ3) is 3.45. The van der Waals surface area contributed by atoms with Crippen LogP contribution in [0.1, 0.15) is 5.56 Å². The van der Waals surface area contributed by atoms with Crippen LogP contribution in [-0.2, 0) is 16.1 Å². The van der Waals surface area contributed by atoms with Crippen molar-refractivity contribution in [1.29, 1.82) is 0 Å². The highest BCUT2D eigenvalue weighted by atomic mass is 16.5. The lowest BCUT2D eigenvalue weighted by Gasteiger charge is -2.22. The zero-order chi connectivity index (χ0) is 14.5. The number of benzene rings is 1. The standard InChI is InChI=1S/C14H16N4O3/c19-14(12-8-15-5-6-20-12)16-7-10-1-3-11(4-2-10)13-17-9-21-18-13/h1-4,9,12,15H,5-8H2,(H,16,19)/t12-/m1/s1. The molecule has 1 amide bonds. The molecule has 1 aromatic heterocycles. The third-order valence-electron chi connectivity index (χ3n) is 3.26. The number of carbonyl (C=O) groups is 1. The first-order valence-electron chi connectivity index (χ1n) is 6.78. The van der Waals surface area contributed by atoms with Crippen LogP contribution in [-0.4, -0.2) is 41.8 Å². The molecule has 21 heavy (non-hydrogen) atoms. The number of nitrogens with zero attached hydrogens (tertiary/aromatic N) is 2. The van der Waals surface area contributed by atoms with Crippen molar-refractivity contribution in [2.45, 2.75) is 12.6 Å². The van der Waals surface area contributed by atoms with Crippen LogP contribution >= 0.6 is 0 Å². The highest BCUT2D eigenvalue weighted by Crippen LogP contribution is 2.14. The maximum Gasteiger partial charge on any atom is 0.250 e. The number of nitrogens with one attached hydrogen (secondary N) is 2. The van der Waals surface area contributed by atoms with E-state index in [1.54, 1.807) is 0 Å². The van der Waals surface area contributed by atoms with Crippen molar-refractivity contribution in [3.8, 4) is 11.4 Å². The smallest absolute Gasteiger partial charge is 0.250 e. The number of aromatic nitrogens is 2. The first-order valence-corrected chi connectivity index (χ1v) is 6.78. The summed E-state index contributed by atoms with van der Waals surface area (Å²) in [6.07, 6.45) is 0.888. The van der Waals surface area contributed by atoms with Crippen molar-refractivity contribution in [2.75, 3.05) is 19.7 Å². The molecule has 0 saturated carbocycles. The molecule has 7 nitrogen and oxygen atoms in total. The van der Waals surface area contributed by atoms with E-state index in [9.17, 15) is 4.79 Å². The van der Waals surface area contributed by atoms with Crippen LogP contribution in [0, 0.1) is 0 Å². The second-order valence-electron chi connectivity index (χ2n) is 4.73. The van der Waals surface area contributed by atoms with E-state index in [0.717, 1.165) is 17.7 Å². The summed E-state index contributed by atoms with van der Waals surface area (Å²) in [6.45, 7) is 2.38. The number of hydrogen-bond acceptors (Lipinski definition) is 6. The Morgan fingerprint density at radius 3 is 2.90 bits per heavy atom. The van der Waals surface area contributed by atoms with Crippen LogP contribution in [0.4, 0.5) is 0 Å². The Hall–Kier alpha value is -2.25. The average molecular weight is 288 g/mol. The second-order valence-corrected chi connectivity index (χ2v) is 4.73. The van der Waals surface area contributed by atoms with Crippen LogP contribution in [0.25, 0.3) is 11.4 Å². The SMILES string of the molecule is O=C(NCc1ccc(-c2ncon2)cc1)[C@H]1CNCCO1. The van der Waals surface area contributed by atoms with Gasteiger partial charge in [-0.15, -0.1) is 0 Å². The number of hydrogen-bond donors (Lipinski definition) is 2. The number of ether oxygens (including phenoxy) is 1. The van der Waals surface area contributed by atoms with Gasteiger partial charge in [-0.05, 0) is 5.56 Å². The van der Waals surface area contributed by atoms with E-state index in [0.29, 0.717) is 25.5 Å². The summed E-state index contributed by atoms with van der Waals surface area (Å²) in [4.78, 5) is 15.9. The maximum atomic E-state index is 11.9. The van der Waals surface area contributed by atoms with E-state index in [2.05, 4.69) is 20.8 Å². The van der Waals surface area contributed by atoms with Crippen LogP contribution in [0.3, 0.4) is 0 Å². The van der Waals surface area contributed by atoms with Crippen molar-refractivity contribution < 1.29 is 14.1 Å². The van der Waals surface area contributed by atoms with Gasteiger partial charge in [-0.25, -0.2) is 0 Å². The van der Waals surface area contributed by atoms with E-state index in [4.69, 9.17) is 9.26 Å². The number of morpholine rings is 1. The van der Waals surface area contributed by atoms with Crippen molar-refractivity contribution in [1.82, 2.24) is 20.8 Å². The molecule has 110 valence electrons. The molecule has 1 atom stereocenters. The van der Waals surface area contributed by atoms with E-state index >= 15 is 0 Å². The Morgan fingerprint density at radius 2 is 2.24 bits per heavy atom. The Morgan fingerprint density at radius 1 is 1.38 bits per heavy atom. The fraction of sp³-hybridized carbons (Fsp3) is 0.357. The fourth-order valence-electron chi connectivity index (χ4n) is 2.11. The highest BCUT2D eigenvalue weighted by Gasteiger charge is 2.21. The molecule has 7 heteroatoms. The number of rotatable bonds is 4. The molecule has 1 fully saturated rings. The molecule has 0 spiro atoms. The van der Waals surface area contributed by atoms with Crippen LogP contribution in [0.2, 0.25) is 0 Å². The fourth-order valence-corrected chi connectivity index (χ4v) is 2.11. The van der Waals surface area contributed by atoms with Crippen molar-refractivity contribution in [3.05, 3.63) is 36.2 Å². The molecule has 2 N–H and O–H groups in total. The summed E-state index contributed by atoms with van der Waals surface area (Å²) in [5.41, 5.74) is 1.87. The van der Waals surface area contributed by atoms with Crippen molar-refractivity contribution in [2.24, 2.45) is 0 Å². The summed E-state index contributed by atoms with van der Waals surface area (Å²) in [7, 11) is 0. The molecule has 2 heterocycles. The van der Waals surface area contributed by atoms with Gasteiger partial charge in [0, 0.05) is 25.2 Å². The Bertz CT molecular complexity index is 577. The quantitative estimate of drug-likeness (QED) is 0.843. The molecular formula is C14H16N4O3. The van der Waals surface area contributed by atoms with E-state index in [-0.39, 0.29) is 5.91 Å². The minimum absolute atomic E-state index is 0.0931. The summed E-state index contributed by atoms with van der Waals surface area (Å²) in [5, 5.41) is 9.77. The minimum atomic E-state index is -0.405. The predicted octanol–water partition coefficient (Wildman–Crippen LogP) is 0.341. The number of amides is 1. The van der Waals surface area contributed by atoms with Gasteiger partial charge in [0.25, 0.3) is 5.91 Å².